The molecule has 0 aliphatic carbocycles. The Balaban J connectivity index is 2.25. The number of hydrogen-bond donors (Lipinski definition) is 0. The lowest BCUT2D eigenvalue weighted by atomic mass is 10.0. The van der Waals surface area contributed by atoms with Gasteiger partial charge in [-0.05, 0) is 53.8 Å². The molecule has 0 fully saturated rings. The van der Waals surface area contributed by atoms with Crippen LogP contribution in [0.25, 0.3) is 10.4 Å². The van der Waals surface area contributed by atoms with Crippen LogP contribution in [-0.2, 0) is 19.0 Å². The monoisotopic (exact) mass is 309 g/mol. The topological polar surface area (TPSA) is 48.8 Å². The van der Waals surface area contributed by atoms with Gasteiger partial charge in [0.1, 0.15) is 5.82 Å². The average molecular weight is 309 g/mol. The van der Waals surface area contributed by atoms with E-state index in [-0.39, 0.29) is 11.5 Å². The minimum absolute atomic E-state index is 0.0614. The van der Waals surface area contributed by atoms with E-state index in [0.29, 0.717) is 24.0 Å². The third-order valence-corrected chi connectivity index (χ3v) is 3.14. The van der Waals surface area contributed by atoms with E-state index in [4.69, 9.17) is 5.53 Å². The summed E-state index contributed by atoms with van der Waals surface area (Å²) in [5, 5.41) is 3.32. The number of azide groups is 1. The van der Waals surface area contributed by atoms with Crippen LogP contribution in [0.5, 0.6) is 0 Å². The summed E-state index contributed by atoms with van der Waals surface area (Å²) < 4.78 is 51.1. The van der Waals surface area contributed by atoms with Gasteiger partial charge in [-0.1, -0.05) is 23.3 Å². The Hall–Kier alpha value is -2.53. The van der Waals surface area contributed by atoms with Crippen LogP contribution in [0.15, 0.2) is 47.6 Å². The summed E-state index contributed by atoms with van der Waals surface area (Å²) in [6, 6.07) is 9.00. The molecule has 0 aliphatic heterocycles. The van der Waals surface area contributed by atoms with Crippen molar-refractivity contribution in [1.29, 1.82) is 0 Å². The first-order valence-corrected chi connectivity index (χ1v) is 6.40. The molecule has 0 bridgehead atoms. The highest BCUT2D eigenvalue weighted by Gasteiger charge is 2.30. The molecule has 7 heteroatoms. The second-order valence-corrected chi connectivity index (χ2v) is 4.66. The first-order chi connectivity index (χ1) is 10.4. The minimum Gasteiger partial charge on any atom is -0.207 e. The van der Waals surface area contributed by atoms with E-state index in [1.54, 1.807) is 12.1 Å². The number of aryl methyl sites for hydroxylation is 2. The van der Waals surface area contributed by atoms with Gasteiger partial charge in [-0.3, -0.25) is 0 Å². The maximum Gasteiger partial charge on any atom is 0.416 e. The Morgan fingerprint density at radius 3 is 2.45 bits per heavy atom. The molecule has 114 valence electrons. The second-order valence-electron chi connectivity index (χ2n) is 4.66. The lowest BCUT2D eigenvalue weighted by Gasteiger charge is -2.11. The van der Waals surface area contributed by atoms with E-state index >= 15 is 0 Å². The zero-order valence-electron chi connectivity index (χ0n) is 11.3. The molecule has 0 N–H and O–H groups in total. The Morgan fingerprint density at radius 2 is 1.82 bits per heavy atom. The molecule has 0 aromatic heterocycles. The summed E-state index contributed by atoms with van der Waals surface area (Å²) in [4.78, 5) is 2.56. The van der Waals surface area contributed by atoms with E-state index in [0.717, 1.165) is 12.1 Å². The van der Waals surface area contributed by atoms with Crippen molar-refractivity contribution in [3.63, 3.8) is 0 Å². The fourth-order valence-corrected chi connectivity index (χ4v) is 2.06. The number of benzene rings is 2. The second kappa shape index (κ2) is 6.49. The standard InChI is InChI=1S/C15H11F4N3/c16-13-3-1-2-10(8-13)4-5-11-6-7-12(15(17,18)19)9-14(11)21-22-20/h1-3,6-9H,4-5H2. The summed E-state index contributed by atoms with van der Waals surface area (Å²) in [5.74, 6) is -0.375. The molecule has 0 atom stereocenters. The fourth-order valence-electron chi connectivity index (χ4n) is 2.06. The summed E-state index contributed by atoms with van der Waals surface area (Å²) in [7, 11) is 0. The molecule has 0 saturated heterocycles. The van der Waals surface area contributed by atoms with Gasteiger partial charge in [-0.15, -0.1) is 0 Å². The molecular weight excluding hydrogens is 298 g/mol. The van der Waals surface area contributed by atoms with Crippen molar-refractivity contribution in [2.45, 2.75) is 19.0 Å². The number of rotatable bonds is 4. The van der Waals surface area contributed by atoms with E-state index < -0.39 is 11.7 Å². The molecule has 2 aromatic rings. The average Bonchev–Trinajstić information content (AvgIpc) is 2.45. The number of hydrogen-bond acceptors (Lipinski definition) is 1. The molecule has 0 saturated carbocycles. The quantitative estimate of drug-likeness (QED) is 0.307. The van der Waals surface area contributed by atoms with Crippen molar-refractivity contribution >= 4 is 5.69 Å². The molecule has 0 unspecified atom stereocenters. The minimum atomic E-state index is -4.50. The Labute approximate surface area is 123 Å². The van der Waals surface area contributed by atoms with Crippen LogP contribution >= 0.6 is 0 Å². The highest BCUT2D eigenvalue weighted by atomic mass is 19.4. The van der Waals surface area contributed by atoms with E-state index in [1.165, 1.54) is 18.2 Å². The first kappa shape index (κ1) is 15.9. The molecule has 2 rings (SSSR count). The molecule has 0 aliphatic rings. The summed E-state index contributed by atoms with van der Waals surface area (Å²) >= 11 is 0. The highest BCUT2D eigenvalue weighted by molar-refractivity contribution is 5.49. The van der Waals surface area contributed by atoms with Crippen molar-refractivity contribution in [2.75, 3.05) is 0 Å². The Bertz CT molecular complexity index is 719. The van der Waals surface area contributed by atoms with Crippen LogP contribution in [0.4, 0.5) is 23.2 Å². The summed E-state index contributed by atoms with van der Waals surface area (Å²) in [6.45, 7) is 0. The molecule has 0 amide bonds. The van der Waals surface area contributed by atoms with Crippen LogP contribution in [0.1, 0.15) is 16.7 Å². The lowest BCUT2D eigenvalue weighted by Crippen LogP contribution is -2.05. The molecule has 0 heterocycles. The van der Waals surface area contributed by atoms with Gasteiger partial charge in [-0.2, -0.15) is 13.2 Å². The zero-order chi connectivity index (χ0) is 16.2. The third-order valence-electron chi connectivity index (χ3n) is 3.14. The van der Waals surface area contributed by atoms with Crippen LogP contribution in [-0.4, -0.2) is 0 Å². The van der Waals surface area contributed by atoms with E-state index in [9.17, 15) is 17.6 Å². The van der Waals surface area contributed by atoms with Gasteiger partial charge in [0.05, 0.1) is 5.56 Å². The first-order valence-electron chi connectivity index (χ1n) is 6.40. The third kappa shape index (κ3) is 3.99. The van der Waals surface area contributed by atoms with Crippen LogP contribution < -0.4 is 0 Å². The number of nitrogens with zero attached hydrogens (tertiary/aromatic N) is 3. The van der Waals surface area contributed by atoms with Gasteiger partial charge in [0.25, 0.3) is 0 Å². The smallest absolute Gasteiger partial charge is 0.207 e. The predicted octanol–water partition coefficient (Wildman–Crippen LogP) is 5.57. The van der Waals surface area contributed by atoms with Gasteiger partial charge in [-0.25, -0.2) is 4.39 Å². The van der Waals surface area contributed by atoms with Gasteiger partial charge in [0.2, 0.25) is 0 Å². The van der Waals surface area contributed by atoms with Crippen molar-refractivity contribution < 1.29 is 17.6 Å². The molecule has 22 heavy (non-hydrogen) atoms. The number of halogens is 4. The lowest BCUT2D eigenvalue weighted by molar-refractivity contribution is -0.137. The fraction of sp³-hybridized carbons (Fsp3) is 0.200. The van der Waals surface area contributed by atoms with E-state index in [1.807, 2.05) is 0 Å². The van der Waals surface area contributed by atoms with Crippen molar-refractivity contribution in [2.24, 2.45) is 5.11 Å². The Kier molecular flexibility index (Phi) is 4.68. The van der Waals surface area contributed by atoms with Crippen LogP contribution in [0, 0.1) is 5.82 Å². The van der Waals surface area contributed by atoms with Crippen LogP contribution in [0.3, 0.4) is 0 Å². The molecular formula is C15H11F4N3. The normalized spacial score (nSPS) is 11.1. The number of alkyl halides is 3. The van der Waals surface area contributed by atoms with Crippen molar-refractivity contribution in [3.8, 4) is 0 Å². The van der Waals surface area contributed by atoms with Gasteiger partial charge < -0.3 is 0 Å². The van der Waals surface area contributed by atoms with Crippen molar-refractivity contribution in [3.05, 3.63) is 75.4 Å². The SMILES string of the molecule is [N-]=[N+]=Nc1cc(C(F)(F)F)ccc1CCc1cccc(F)c1. The van der Waals surface area contributed by atoms with Crippen molar-refractivity contribution in [1.82, 2.24) is 0 Å². The summed E-state index contributed by atoms with van der Waals surface area (Å²) in [5.41, 5.74) is 8.75. The van der Waals surface area contributed by atoms with E-state index in [2.05, 4.69) is 10.0 Å². The Morgan fingerprint density at radius 1 is 1.05 bits per heavy atom. The highest BCUT2D eigenvalue weighted by Crippen LogP contribution is 2.33. The molecule has 3 nitrogen and oxygen atoms in total. The zero-order valence-corrected chi connectivity index (χ0v) is 11.3. The maximum absolute atomic E-state index is 13.1. The largest absolute Gasteiger partial charge is 0.416 e. The van der Waals surface area contributed by atoms with Gasteiger partial charge >= 0.3 is 6.18 Å². The molecule has 0 spiro atoms. The van der Waals surface area contributed by atoms with Gasteiger partial charge in [0.15, 0.2) is 0 Å². The van der Waals surface area contributed by atoms with Gasteiger partial charge in [0, 0.05) is 10.6 Å². The molecule has 2 aromatic carbocycles. The summed E-state index contributed by atoms with van der Waals surface area (Å²) in [6.07, 6.45) is -3.73. The maximum atomic E-state index is 13.1. The van der Waals surface area contributed by atoms with Crippen LogP contribution in [0.2, 0.25) is 0 Å². The molecule has 0 radical (unpaired) electrons. The predicted molar refractivity (Wildman–Crippen MR) is 74.1 cm³/mol.